The number of rotatable bonds is 4. The molecule has 0 saturated carbocycles. The van der Waals surface area contributed by atoms with Gasteiger partial charge in [0.25, 0.3) is 0 Å². The second-order valence-corrected chi connectivity index (χ2v) is 7.47. The van der Waals surface area contributed by atoms with Crippen molar-refractivity contribution in [2.45, 2.75) is 44.6 Å². The molecular formula is C15H24N2O3S. The van der Waals surface area contributed by atoms with E-state index in [2.05, 4.69) is 0 Å². The molecule has 1 atom stereocenters. The van der Waals surface area contributed by atoms with Crippen LogP contribution in [0.15, 0.2) is 17.0 Å². The van der Waals surface area contributed by atoms with Gasteiger partial charge in [-0.25, -0.2) is 8.42 Å². The molecular weight excluding hydrogens is 288 g/mol. The summed E-state index contributed by atoms with van der Waals surface area (Å²) in [6.07, 6.45) is 1.72. The van der Waals surface area contributed by atoms with Gasteiger partial charge in [0.05, 0.1) is 11.0 Å². The molecule has 6 heteroatoms. The number of piperidine rings is 1. The second kappa shape index (κ2) is 6.34. The zero-order chi connectivity index (χ0) is 15.6. The molecule has 1 aromatic rings. The van der Waals surface area contributed by atoms with Crippen LogP contribution in [-0.4, -0.2) is 38.5 Å². The van der Waals surface area contributed by atoms with Gasteiger partial charge in [-0.3, -0.25) is 0 Å². The second-order valence-electron chi connectivity index (χ2n) is 5.54. The molecule has 1 aliphatic heterocycles. The first-order valence-electron chi connectivity index (χ1n) is 7.34. The van der Waals surface area contributed by atoms with Crippen LogP contribution in [0.5, 0.6) is 0 Å². The van der Waals surface area contributed by atoms with E-state index >= 15 is 0 Å². The molecule has 21 heavy (non-hydrogen) atoms. The summed E-state index contributed by atoms with van der Waals surface area (Å²) in [6, 6.07) is 3.26. The van der Waals surface area contributed by atoms with E-state index in [0.29, 0.717) is 25.4 Å². The third-order valence-corrected chi connectivity index (χ3v) is 5.90. The Kier molecular flexibility index (Phi) is 4.91. The molecule has 0 aromatic heterocycles. The van der Waals surface area contributed by atoms with Crippen LogP contribution in [-0.2, 0) is 14.8 Å². The minimum Gasteiger partial charge on any atom is -0.398 e. The predicted molar refractivity (Wildman–Crippen MR) is 83.7 cm³/mol. The summed E-state index contributed by atoms with van der Waals surface area (Å²) >= 11 is 0. The lowest BCUT2D eigenvalue weighted by Gasteiger charge is -2.31. The van der Waals surface area contributed by atoms with Gasteiger partial charge in [-0.2, -0.15) is 4.31 Å². The number of anilines is 1. The van der Waals surface area contributed by atoms with Gasteiger partial charge in [0, 0.05) is 25.4 Å². The average Bonchev–Trinajstić information content (AvgIpc) is 2.45. The van der Waals surface area contributed by atoms with Gasteiger partial charge in [0.15, 0.2) is 0 Å². The van der Waals surface area contributed by atoms with Crippen molar-refractivity contribution in [3.63, 3.8) is 0 Å². The topological polar surface area (TPSA) is 72.6 Å². The summed E-state index contributed by atoms with van der Waals surface area (Å²) < 4.78 is 32.6. The Morgan fingerprint density at radius 3 is 2.71 bits per heavy atom. The summed E-state index contributed by atoms with van der Waals surface area (Å²) in [4.78, 5) is 0.278. The van der Waals surface area contributed by atoms with E-state index in [1.165, 1.54) is 4.31 Å². The van der Waals surface area contributed by atoms with Crippen LogP contribution >= 0.6 is 0 Å². The molecule has 5 nitrogen and oxygen atoms in total. The van der Waals surface area contributed by atoms with Crippen LogP contribution in [0, 0.1) is 13.8 Å². The Labute approximate surface area is 127 Å². The first-order chi connectivity index (χ1) is 9.86. The number of nitrogens with zero attached hydrogens (tertiary/aromatic N) is 1. The average molecular weight is 312 g/mol. The normalized spacial score (nSPS) is 20.6. The molecule has 1 fully saturated rings. The molecule has 0 radical (unpaired) electrons. The van der Waals surface area contributed by atoms with Gasteiger partial charge in [-0.1, -0.05) is 0 Å². The third-order valence-electron chi connectivity index (χ3n) is 4.06. The molecule has 1 aliphatic rings. The lowest BCUT2D eigenvalue weighted by atomic mass is 10.1. The van der Waals surface area contributed by atoms with Crippen molar-refractivity contribution in [3.05, 3.63) is 23.3 Å². The van der Waals surface area contributed by atoms with Crippen LogP contribution in [0.1, 0.15) is 30.9 Å². The van der Waals surface area contributed by atoms with Gasteiger partial charge in [0.1, 0.15) is 0 Å². The molecule has 118 valence electrons. The van der Waals surface area contributed by atoms with Crippen molar-refractivity contribution in [1.82, 2.24) is 4.31 Å². The molecule has 1 unspecified atom stereocenters. The number of aryl methyl sites for hydroxylation is 1. The largest absolute Gasteiger partial charge is 0.398 e. The highest BCUT2D eigenvalue weighted by Gasteiger charge is 2.31. The monoisotopic (exact) mass is 312 g/mol. The summed E-state index contributed by atoms with van der Waals surface area (Å²) in [6.45, 7) is 7.27. The highest BCUT2D eigenvalue weighted by molar-refractivity contribution is 7.89. The number of sulfonamides is 1. The number of hydrogen-bond acceptors (Lipinski definition) is 4. The first-order valence-corrected chi connectivity index (χ1v) is 8.78. The van der Waals surface area contributed by atoms with Crippen LogP contribution in [0.2, 0.25) is 0 Å². The lowest BCUT2D eigenvalue weighted by Crippen LogP contribution is -2.43. The summed E-state index contributed by atoms with van der Waals surface area (Å²) in [5.41, 5.74) is 8.26. The van der Waals surface area contributed by atoms with Gasteiger partial charge >= 0.3 is 0 Å². The quantitative estimate of drug-likeness (QED) is 0.864. The molecule has 1 saturated heterocycles. The number of ether oxygens (including phenoxy) is 1. The Bertz CT molecular complexity index is 588. The van der Waals surface area contributed by atoms with E-state index in [1.54, 1.807) is 12.1 Å². The molecule has 0 spiro atoms. The molecule has 1 heterocycles. The van der Waals surface area contributed by atoms with Crippen molar-refractivity contribution >= 4 is 15.7 Å². The van der Waals surface area contributed by atoms with Crippen molar-refractivity contribution in [3.8, 4) is 0 Å². The number of hydrogen-bond donors (Lipinski definition) is 1. The van der Waals surface area contributed by atoms with Gasteiger partial charge in [-0.05, 0) is 56.9 Å². The van der Waals surface area contributed by atoms with Crippen molar-refractivity contribution in [2.24, 2.45) is 0 Å². The fourth-order valence-electron chi connectivity index (χ4n) is 2.65. The molecule has 1 aromatic carbocycles. The fraction of sp³-hybridized carbons (Fsp3) is 0.600. The zero-order valence-electron chi connectivity index (χ0n) is 12.9. The van der Waals surface area contributed by atoms with Crippen LogP contribution in [0.25, 0.3) is 0 Å². The van der Waals surface area contributed by atoms with Crippen LogP contribution in [0.3, 0.4) is 0 Å². The van der Waals surface area contributed by atoms with E-state index in [9.17, 15) is 8.42 Å². The maximum atomic E-state index is 12.8. The van der Waals surface area contributed by atoms with Crippen LogP contribution in [0.4, 0.5) is 5.69 Å². The molecule has 2 N–H and O–H groups in total. The highest BCUT2D eigenvalue weighted by Crippen LogP contribution is 2.26. The van der Waals surface area contributed by atoms with Gasteiger partial charge in [0.2, 0.25) is 10.0 Å². The summed E-state index contributed by atoms with van der Waals surface area (Å²) in [7, 11) is -3.50. The van der Waals surface area contributed by atoms with Crippen LogP contribution < -0.4 is 5.73 Å². The third kappa shape index (κ3) is 3.39. The van der Waals surface area contributed by atoms with Gasteiger partial charge < -0.3 is 10.5 Å². The summed E-state index contributed by atoms with van der Waals surface area (Å²) in [5.74, 6) is 0. The number of benzene rings is 1. The highest BCUT2D eigenvalue weighted by atomic mass is 32.2. The lowest BCUT2D eigenvalue weighted by molar-refractivity contribution is 0.0265. The molecule has 2 rings (SSSR count). The smallest absolute Gasteiger partial charge is 0.243 e. The van der Waals surface area contributed by atoms with E-state index < -0.39 is 10.0 Å². The van der Waals surface area contributed by atoms with E-state index in [4.69, 9.17) is 10.5 Å². The van der Waals surface area contributed by atoms with E-state index in [-0.39, 0.29) is 11.0 Å². The Morgan fingerprint density at radius 2 is 2.10 bits per heavy atom. The minimum atomic E-state index is -3.50. The molecule has 0 aliphatic carbocycles. The SMILES string of the molecule is CCOC1CCCN(S(=O)(=O)c2cc(C)c(C)c(N)c2)C1. The molecule has 0 bridgehead atoms. The Balaban J connectivity index is 2.29. The standard InChI is InChI=1S/C15H24N2O3S/c1-4-20-13-6-5-7-17(10-13)21(18,19)14-8-11(2)12(3)15(16)9-14/h8-9,13H,4-7,10,16H2,1-3H3. The maximum absolute atomic E-state index is 12.8. The fourth-order valence-corrected chi connectivity index (χ4v) is 4.28. The Morgan fingerprint density at radius 1 is 1.38 bits per heavy atom. The Hall–Kier alpha value is -1.11. The van der Waals surface area contributed by atoms with E-state index in [1.807, 2.05) is 20.8 Å². The van der Waals surface area contributed by atoms with Crippen molar-refractivity contribution in [1.29, 1.82) is 0 Å². The minimum absolute atomic E-state index is 0.0117. The van der Waals surface area contributed by atoms with Crippen molar-refractivity contribution in [2.75, 3.05) is 25.4 Å². The van der Waals surface area contributed by atoms with Gasteiger partial charge in [-0.15, -0.1) is 0 Å². The van der Waals surface area contributed by atoms with E-state index in [0.717, 1.165) is 24.0 Å². The summed E-state index contributed by atoms with van der Waals surface area (Å²) in [5, 5.41) is 0. The number of nitrogen functional groups attached to an aromatic ring is 1. The zero-order valence-corrected chi connectivity index (χ0v) is 13.7. The first kappa shape index (κ1) is 16.3. The maximum Gasteiger partial charge on any atom is 0.243 e. The van der Waals surface area contributed by atoms with Crippen molar-refractivity contribution < 1.29 is 13.2 Å². The predicted octanol–water partition coefficient (Wildman–Crippen LogP) is 2.08. The number of nitrogens with two attached hydrogens (primary N) is 1. The molecule has 0 amide bonds.